The summed E-state index contributed by atoms with van der Waals surface area (Å²) >= 11 is 3.00. The van der Waals surface area contributed by atoms with Crippen LogP contribution in [0.15, 0.2) is 16.9 Å². The largest absolute Gasteiger partial charge is 0.382 e. The lowest BCUT2D eigenvalue weighted by Gasteiger charge is -2.00. The molecule has 1 aromatic heterocycles. The van der Waals surface area contributed by atoms with Gasteiger partial charge < -0.3 is 5.32 Å². The van der Waals surface area contributed by atoms with Gasteiger partial charge in [-0.1, -0.05) is 0 Å². The Morgan fingerprint density at radius 1 is 1.92 bits per heavy atom. The third kappa shape index (κ3) is 1.70. The van der Waals surface area contributed by atoms with Crippen molar-refractivity contribution in [3.63, 3.8) is 0 Å². The van der Waals surface area contributed by atoms with Crippen molar-refractivity contribution in [3.8, 4) is 0 Å². The minimum atomic E-state index is -2.48. The lowest BCUT2D eigenvalue weighted by Crippen LogP contribution is -1.97. The summed E-state index contributed by atoms with van der Waals surface area (Å²) in [5.74, 6) is 0. The maximum absolute atomic E-state index is 10.5. The van der Waals surface area contributed by atoms with Crippen LogP contribution in [-0.2, 0) is 0 Å². The van der Waals surface area contributed by atoms with Crippen molar-refractivity contribution in [3.05, 3.63) is 27.0 Å². The van der Waals surface area contributed by atoms with Crippen LogP contribution < -0.4 is 5.32 Å². The number of hydrogen-bond donors (Lipinski definition) is 1. The maximum atomic E-state index is 10.5. The van der Waals surface area contributed by atoms with Crippen LogP contribution in [0.3, 0.4) is 0 Å². The molecule has 1 heterocycles. The van der Waals surface area contributed by atoms with Gasteiger partial charge in [0.25, 0.3) is 0 Å². The first-order chi connectivity index (χ1) is 6.79. The van der Waals surface area contributed by atoms with Crippen LogP contribution in [0.2, 0.25) is 0 Å². The van der Waals surface area contributed by atoms with E-state index >= 15 is 0 Å². The Labute approximate surface area is 81.3 Å². The van der Waals surface area contributed by atoms with E-state index in [0.717, 1.165) is 6.20 Å². The molecular formula is C6H6BrN3O2. The van der Waals surface area contributed by atoms with Crippen molar-refractivity contribution in [1.82, 2.24) is 4.98 Å². The number of nitrogens with one attached hydrogen (secondary N) is 1. The predicted molar refractivity (Wildman–Crippen MR) is 48.1 cm³/mol. The molecule has 5 nitrogen and oxygen atoms in total. The van der Waals surface area contributed by atoms with Crippen molar-refractivity contribution < 1.29 is 9.04 Å². The Balaban J connectivity index is 3.13. The quantitative estimate of drug-likeness (QED) is 0.482. The molecule has 1 N–H and O–H groups in total. The van der Waals surface area contributed by atoms with Crippen LogP contribution in [0.5, 0.6) is 0 Å². The van der Waals surface area contributed by atoms with Gasteiger partial charge in [0.1, 0.15) is 16.5 Å². The van der Waals surface area contributed by atoms with E-state index in [9.17, 15) is 10.1 Å². The second-order valence-electron chi connectivity index (χ2n) is 1.91. The monoisotopic (exact) mass is 234 g/mol. The maximum Gasteiger partial charge on any atom is 0.310 e. The van der Waals surface area contributed by atoms with Crippen LogP contribution in [0, 0.1) is 10.1 Å². The first-order valence-corrected chi connectivity index (χ1v) is 3.67. The van der Waals surface area contributed by atoms with E-state index in [2.05, 4.69) is 26.2 Å². The molecule has 0 fully saturated rings. The van der Waals surface area contributed by atoms with E-state index in [0.29, 0.717) is 4.60 Å². The van der Waals surface area contributed by atoms with Gasteiger partial charge in [-0.15, -0.1) is 0 Å². The van der Waals surface area contributed by atoms with E-state index in [1.165, 1.54) is 6.07 Å². The van der Waals surface area contributed by atoms with Gasteiger partial charge in [0.2, 0.25) is 0 Å². The number of hydrogen-bond acceptors (Lipinski definition) is 4. The minimum absolute atomic E-state index is 0.0955. The number of rotatable bonds is 2. The van der Waals surface area contributed by atoms with Crippen molar-refractivity contribution in [2.45, 2.75) is 0 Å². The molecule has 0 atom stereocenters. The average molecular weight is 235 g/mol. The Morgan fingerprint density at radius 3 is 3.25 bits per heavy atom. The van der Waals surface area contributed by atoms with Crippen LogP contribution >= 0.6 is 15.9 Å². The number of aromatic nitrogens is 1. The van der Waals surface area contributed by atoms with Gasteiger partial charge in [-0.3, -0.25) is 10.1 Å². The highest BCUT2D eigenvalue weighted by Gasteiger charge is 2.12. The highest BCUT2D eigenvalue weighted by atomic mass is 79.9. The Kier molecular flexibility index (Phi) is 1.59. The molecule has 0 saturated heterocycles. The summed E-state index contributed by atoms with van der Waals surface area (Å²) in [5.41, 5.74) is -0.476. The van der Waals surface area contributed by atoms with E-state index in [4.69, 9.17) is 4.11 Å². The third-order valence-corrected chi connectivity index (χ3v) is 1.61. The summed E-state index contributed by atoms with van der Waals surface area (Å²) in [7, 11) is 0. The van der Waals surface area contributed by atoms with Gasteiger partial charge in [0.05, 0.1) is 4.92 Å². The van der Waals surface area contributed by atoms with Crippen molar-refractivity contribution in [1.29, 1.82) is 0 Å². The van der Waals surface area contributed by atoms with Gasteiger partial charge in [-0.05, 0) is 15.9 Å². The van der Waals surface area contributed by atoms with Crippen molar-refractivity contribution in [2.75, 3.05) is 12.3 Å². The number of nitrogens with zero attached hydrogens (tertiary/aromatic N) is 2. The summed E-state index contributed by atoms with van der Waals surface area (Å²) in [5, 5.41) is 12.6. The first kappa shape index (κ1) is 5.47. The van der Waals surface area contributed by atoms with Crippen molar-refractivity contribution >= 4 is 27.3 Å². The summed E-state index contributed by atoms with van der Waals surface area (Å²) < 4.78 is 21.1. The van der Waals surface area contributed by atoms with E-state index in [1.807, 2.05) is 0 Å². The van der Waals surface area contributed by atoms with Gasteiger partial charge >= 0.3 is 5.69 Å². The topological polar surface area (TPSA) is 68.1 Å². The molecule has 0 radical (unpaired) electrons. The molecule has 6 heteroatoms. The highest BCUT2D eigenvalue weighted by molar-refractivity contribution is 9.10. The molecular weight excluding hydrogens is 226 g/mol. The standard InChI is InChI=1S/C6H6BrN3O2/c1-8-4-2-6(7)9-3-5(4)10(11)12/h2-3H,1H3,(H,8,9)/i1D3. The number of pyridine rings is 1. The number of nitro groups is 1. The second kappa shape index (κ2) is 3.48. The van der Waals surface area contributed by atoms with E-state index < -0.39 is 11.9 Å². The highest BCUT2D eigenvalue weighted by Crippen LogP contribution is 2.24. The molecule has 0 aliphatic carbocycles. The molecule has 12 heavy (non-hydrogen) atoms. The summed E-state index contributed by atoms with van der Waals surface area (Å²) in [6.07, 6.45) is 0.984. The summed E-state index contributed by atoms with van der Waals surface area (Å²) in [4.78, 5) is 13.5. The minimum Gasteiger partial charge on any atom is -0.382 e. The van der Waals surface area contributed by atoms with Crippen LogP contribution in [0.4, 0.5) is 11.4 Å². The van der Waals surface area contributed by atoms with E-state index in [1.54, 1.807) is 0 Å². The second-order valence-corrected chi connectivity index (χ2v) is 2.72. The number of anilines is 1. The summed E-state index contributed by atoms with van der Waals surface area (Å²) in [6, 6.07) is 1.24. The first-order valence-electron chi connectivity index (χ1n) is 4.38. The average Bonchev–Trinajstić information content (AvgIpc) is 1.99. The fourth-order valence-electron chi connectivity index (χ4n) is 0.668. The van der Waals surface area contributed by atoms with Gasteiger partial charge in [0.15, 0.2) is 0 Å². The zero-order valence-electron chi connectivity index (χ0n) is 8.74. The molecule has 0 aliphatic heterocycles. The van der Waals surface area contributed by atoms with Gasteiger partial charge in [0, 0.05) is 17.2 Å². The fourth-order valence-corrected chi connectivity index (χ4v) is 1.000. The summed E-state index contributed by atoms with van der Waals surface area (Å²) in [6.45, 7) is -2.48. The molecule has 0 saturated carbocycles. The molecule has 0 spiro atoms. The third-order valence-electron chi connectivity index (χ3n) is 1.18. The molecule has 0 aliphatic rings. The Hall–Kier alpha value is -1.17. The molecule has 64 valence electrons. The number of halogens is 1. The molecule has 0 aromatic carbocycles. The molecule has 0 amide bonds. The normalized spacial score (nSPS) is 14.2. The molecule has 1 rings (SSSR count). The zero-order valence-corrected chi connectivity index (χ0v) is 7.33. The zero-order chi connectivity index (χ0) is 11.6. The van der Waals surface area contributed by atoms with Gasteiger partial charge in [-0.25, -0.2) is 4.98 Å². The van der Waals surface area contributed by atoms with Crippen LogP contribution in [0.1, 0.15) is 4.11 Å². The SMILES string of the molecule is [2H]C([2H])([2H])Nc1cc(Br)ncc1[N+](=O)[O-]. The van der Waals surface area contributed by atoms with Crippen LogP contribution in [-0.4, -0.2) is 16.9 Å². The van der Waals surface area contributed by atoms with E-state index in [-0.39, 0.29) is 11.4 Å². The van der Waals surface area contributed by atoms with Crippen LogP contribution in [0.25, 0.3) is 0 Å². The van der Waals surface area contributed by atoms with Crippen molar-refractivity contribution in [2.24, 2.45) is 0 Å². The molecule has 0 unspecified atom stereocenters. The molecule has 0 bridgehead atoms. The van der Waals surface area contributed by atoms with Gasteiger partial charge in [-0.2, -0.15) is 0 Å². The Morgan fingerprint density at radius 2 is 2.67 bits per heavy atom. The fraction of sp³-hybridized carbons (Fsp3) is 0.167. The lowest BCUT2D eigenvalue weighted by atomic mass is 10.3. The Bertz CT molecular complexity index is 396. The predicted octanol–water partition coefficient (Wildman–Crippen LogP) is 1.79. The molecule has 1 aromatic rings. The smallest absolute Gasteiger partial charge is 0.310 e. The lowest BCUT2D eigenvalue weighted by molar-refractivity contribution is -0.384.